The number of rotatable bonds is 4. The van der Waals surface area contributed by atoms with Crippen LogP contribution in [-0.2, 0) is 7.05 Å². The Kier molecular flexibility index (Phi) is 5.92. The van der Waals surface area contributed by atoms with Crippen molar-refractivity contribution in [1.29, 1.82) is 0 Å². The predicted octanol–water partition coefficient (Wildman–Crippen LogP) is 3.14. The number of aryl methyl sites for hydroxylation is 2. The molecule has 1 aliphatic heterocycles. The summed E-state index contributed by atoms with van der Waals surface area (Å²) >= 11 is 1.09. The first-order chi connectivity index (χ1) is 14.8. The number of hydrogen-bond acceptors (Lipinski definition) is 7. The molecule has 8 nitrogen and oxygen atoms in total. The van der Waals surface area contributed by atoms with Gasteiger partial charge in [0.05, 0.1) is 6.20 Å². The largest absolute Gasteiger partial charge is 0.389 e. The minimum Gasteiger partial charge on any atom is -0.389 e. The molecule has 5 N–H and O–H groups in total. The lowest BCUT2D eigenvalue weighted by Crippen LogP contribution is -2.29. The van der Waals surface area contributed by atoms with Crippen LogP contribution in [0.5, 0.6) is 0 Å². The third-order valence-electron chi connectivity index (χ3n) is 5.45. The molecule has 1 saturated heterocycles. The van der Waals surface area contributed by atoms with Crippen LogP contribution in [0, 0.1) is 12.7 Å². The maximum atomic E-state index is 14.3. The summed E-state index contributed by atoms with van der Waals surface area (Å²) in [5, 5.41) is 7.81. The van der Waals surface area contributed by atoms with E-state index < -0.39 is 11.7 Å². The average Bonchev–Trinajstić information content (AvgIpc) is 3.21. The number of nitrogens with two attached hydrogens (primary N) is 2. The first kappa shape index (κ1) is 21.3. The molecule has 2 aromatic heterocycles. The molecule has 1 amide bonds. The van der Waals surface area contributed by atoms with Crippen molar-refractivity contribution >= 4 is 33.8 Å². The molecule has 1 aliphatic rings. The number of carbonyl (C=O) groups excluding carboxylic acids is 1. The normalized spacial score (nSPS) is 16.9. The van der Waals surface area contributed by atoms with Crippen LogP contribution in [0.15, 0.2) is 24.4 Å². The number of thiazole rings is 1. The Bertz CT molecular complexity index is 1110. The molecule has 3 heterocycles. The number of carbonyl (C=O) groups is 1. The number of nitrogens with one attached hydrogen (secondary N) is 1. The van der Waals surface area contributed by atoms with Crippen molar-refractivity contribution in [2.45, 2.75) is 32.2 Å². The molecule has 31 heavy (non-hydrogen) atoms. The van der Waals surface area contributed by atoms with E-state index in [4.69, 9.17) is 11.5 Å². The van der Waals surface area contributed by atoms with Gasteiger partial charge < -0.3 is 21.7 Å². The number of hydrogen-bond donors (Lipinski definition) is 3. The van der Waals surface area contributed by atoms with Gasteiger partial charge in [0.15, 0.2) is 11.5 Å². The van der Waals surface area contributed by atoms with Crippen molar-refractivity contribution in [3.05, 3.63) is 41.5 Å². The zero-order chi connectivity index (χ0) is 22.1. The van der Waals surface area contributed by atoms with Crippen molar-refractivity contribution in [3.63, 3.8) is 0 Å². The molecule has 1 atom stereocenters. The fourth-order valence-electron chi connectivity index (χ4n) is 3.82. The van der Waals surface area contributed by atoms with E-state index in [-0.39, 0.29) is 16.7 Å². The van der Waals surface area contributed by atoms with Crippen LogP contribution in [0.2, 0.25) is 0 Å². The molecule has 3 aromatic rings. The summed E-state index contributed by atoms with van der Waals surface area (Å²) in [7, 11) is 1.84. The van der Waals surface area contributed by atoms with Crippen molar-refractivity contribution in [3.8, 4) is 10.6 Å². The van der Waals surface area contributed by atoms with Crippen LogP contribution in [0.4, 0.5) is 20.9 Å². The van der Waals surface area contributed by atoms with E-state index in [1.54, 1.807) is 23.0 Å². The zero-order valence-corrected chi connectivity index (χ0v) is 18.4. The molecule has 0 radical (unpaired) electrons. The summed E-state index contributed by atoms with van der Waals surface area (Å²) in [6.07, 6.45) is 4.44. The standard InChI is InChI=1S/C21H26FN7OS/c1-12-5-6-15(22)14(10-12)20-27-17(18(24)31-20)19(30)26-16-11-25-28(2)21(16)29-8-3-4-13(23)7-9-29/h5-6,10-11,13H,3-4,7-9,23-24H2,1-2H3,(H,26,30)/t13-/m1/s1. The maximum Gasteiger partial charge on any atom is 0.277 e. The lowest BCUT2D eigenvalue weighted by atomic mass is 10.1. The van der Waals surface area contributed by atoms with Gasteiger partial charge in [0.2, 0.25) is 0 Å². The lowest BCUT2D eigenvalue weighted by molar-refractivity contribution is 0.102. The quantitative estimate of drug-likeness (QED) is 0.571. The van der Waals surface area contributed by atoms with Crippen LogP contribution < -0.4 is 21.7 Å². The smallest absolute Gasteiger partial charge is 0.277 e. The summed E-state index contributed by atoms with van der Waals surface area (Å²) in [6.45, 7) is 3.50. The van der Waals surface area contributed by atoms with Gasteiger partial charge in [-0.3, -0.25) is 9.48 Å². The molecule has 1 aromatic carbocycles. The molecule has 1 fully saturated rings. The van der Waals surface area contributed by atoms with Crippen molar-refractivity contribution in [1.82, 2.24) is 14.8 Å². The number of halogens is 1. The molecule has 0 aliphatic carbocycles. The predicted molar refractivity (Wildman–Crippen MR) is 122 cm³/mol. The highest BCUT2D eigenvalue weighted by atomic mass is 32.1. The molecule has 164 valence electrons. The van der Waals surface area contributed by atoms with Crippen molar-refractivity contribution in [2.24, 2.45) is 12.8 Å². The molecule has 0 saturated carbocycles. The molecule has 0 spiro atoms. The Balaban J connectivity index is 1.59. The van der Waals surface area contributed by atoms with E-state index in [1.807, 2.05) is 14.0 Å². The molecular weight excluding hydrogens is 417 g/mol. The average molecular weight is 444 g/mol. The zero-order valence-electron chi connectivity index (χ0n) is 17.6. The van der Waals surface area contributed by atoms with Crippen molar-refractivity contribution < 1.29 is 9.18 Å². The summed E-state index contributed by atoms with van der Waals surface area (Å²) in [4.78, 5) is 19.5. The van der Waals surface area contributed by atoms with Gasteiger partial charge in [-0.25, -0.2) is 9.37 Å². The number of anilines is 3. The second kappa shape index (κ2) is 8.64. The highest BCUT2D eigenvalue weighted by Gasteiger charge is 2.24. The summed E-state index contributed by atoms with van der Waals surface area (Å²) in [6, 6.07) is 4.95. The van der Waals surface area contributed by atoms with Crippen LogP contribution >= 0.6 is 11.3 Å². The highest BCUT2D eigenvalue weighted by molar-refractivity contribution is 7.19. The topological polar surface area (TPSA) is 115 Å². The number of nitrogen functional groups attached to an aromatic ring is 1. The van der Waals surface area contributed by atoms with E-state index in [9.17, 15) is 9.18 Å². The summed E-state index contributed by atoms with van der Waals surface area (Å²) in [5.74, 6) is -0.0322. The molecule has 10 heteroatoms. The van der Waals surface area contributed by atoms with E-state index in [0.717, 1.165) is 55.1 Å². The Morgan fingerprint density at radius 1 is 1.32 bits per heavy atom. The minimum absolute atomic E-state index is 0.0774. The van der Waals surface area contributed by atoms with Gasteiger partial charge in [0.1, 0.15) is 21.5 Å². The van der Waals surface area contributed by atoms with E-state index >= 15 is 0 Å². The van der Waals surface area contributed by atoms with Crippen LogP contribution in [0.1, 0.15) is 35.3 Å². The van der Waals surface area contributed by atoms with Crippen LogP contribution in [0.3, 0.4) is 0 Å². The first-order valence-corrected chi connectivity index (χ1v) is 11.0. The Hall–Kier alpha value is -2.98. The Labute approximate surface area is 184 Å². The third-order valence-corrected chi connectivity index (χ3v) is 6.37. The Morgan fingerprint density at radius 3 is 2.94 bits per heavy atom. The number of aromatic nitrogens is 3. The maximum absolute atomic E-state index is 14.3. The van der Waals surface area contributed by atoms with E-state index in [2.05, 4.69) is 20.3 Å². The summed E-state index contributed by atoms with van der Waals surface area (Å²) in [5.41, 5.74) is 14.1. The fourth-order valence-corrected chi connectivity index (χ4v) is 4.67. The van der Waals surface area contributed by atoms with Crippen LogP contribution in [-0.4, -0.2) is 39.8 Å². The van der Waals surface area contributed by atoms with Gasteiger partial charge in [-0.2, -0.15) is 5.10 Å². The number of benzene rings is 1. The van der Waals surface area contributed by atoms with Gasteiger partial charge in [-0.05, 0) is 38.3 Å². The molecule has 4 rings (SSSR count). The van der Waals surface area contributed by atoms with Gasteiger partial charge in [-0.1, -0.05) is 23.0 Å². The molecule has 0 bridgehead atoms. The highest BCUT2D eigenvalue weighted by Crippen LogP contribution is 2.33. The lowest BCUT2D eigenvalue weighted by Gasteiger charge is -2.24. The third kappa shape index (κ3) is 4.40. The minimum atomic E-state index is -0.450. The second-order valence-corrected chi connectivity index (χ2v) is 8.88. The fraction of sp³-hybridized carbons (Fsp3) is 0.381. The monoisotopic (exact) mass is 443 g/mol. The van der Waals surface area contributed by atoms with E-state index in [0.29, 0.717) is 16.3 Å². The summed E-state index contributed by atoms with van der Waals surface area (Å²) < 4.78 is 16.0. The first-order valence-electron chi connectivity index (χ1n) is 10.2. The number of amides is 1. The SMILES string of the molecule is Cc1ccc(F)c(-c2nc(C(=O)Nc3cnn(C)c3N3CCC[C@@H](N)CC3)c(N)s2)c1. The van der Waals surface area contributed by atoms with Crippen molar-refractivity contribution in [2.75, 3.05) is 29.0 Å². The number of nitrogens with zero attached hydrogens (tertiary/aromatic N) is 4. The molecular formula is C21H26FN7OS. The van der Waals surface area contributed by atoms with Crippen LogP contribution in [0.25, 0.3) is 10.6 Å². The second-order valence-electron chi connectivity index (χ2n) is 7.85. The van der Waals surface area contributed by atoms with Gasteiger partial charge in [0, 0.05) is 31.7 Å². The van der Waals surface area contributed by atoms with Gasteiger partial charge in [0.25, 0.3) is 5.91 Å². The Morgan fingerprint density at radius 2 is 2.13 bits per heavy atom. The van der Waals surface area contributed by atoms with Gasteiger partial charge in [-0.15, -0.1) is 0 Å². The van der Waals surface area contributed by atoms with E-state index in [1.165, 1.54) is 6.07 Å². The van der Waals surface area contributed by atoms with Gasteiger partial charge >= 0.3 is 0 Å². The molecule has 0 unspecified atom stereocenters.